The minimum atomic E-state index is -4.72. The highest BCUT2D eigenvalue weighted by atomic mass is 19.4. The molecule has 0 aliphatic carbocycles. The minimum absolute atomic E-state index is 0.109. The van der Waals surface area contributed by atoms with Crippen molar-refractivity contribution in [3.8, 4) is 0 Å². The summed E-state index contributed by atoms with van der Waals surface area (Å²) in [5.41, 5.74) is 0.170. The zero-order valence-corrected chi connectivity index (χ0v) is 25.9. The van der Waals surface area contributed by atoms with Crippen molar-refractivity contribution in [3.63, 3.8) is 0 Å². The highest BCUT2D eigenvalue weighted by Gasteiger charge is 2.44. The van der Waals surface area contributed by atoms with Crippen LogP contribution in [0.25, 0.3) is 0 Å². The number of carbonyl (C=O) groups excluding carboxylic acids is 2. The van der Waals surface area contributed by atoms with E-state index >= 15 is 4.39 Å². The number of benzene rings is 1. The second kappa shape index (κ2) is 15.0. The van der Waals surface area contributed by atoms with Gasteiger partial charge in [0.1, 0.15) is 17.2 Å². The van der Waals surface area contributed by atoms with Crippen LogP contribution < -0.4 is 15.8 Å². The third kappa shape index (κ3) is 8.71. The van der Waals surface area contributed by atoms with Gasteiger partial charge in [-0.25, -0.2) is 19.0 Å². The van der Waals surface area contributed by atoms with Crippen LogP contribution in [0.3, 0.4) is 0 Å². The third-order valence-corrected chi connectivity index (χ3v) is 7.87. The Kier molecular flexibility index (Phi) is 11.3. The van der Waals surface area contributed by atoms with Gasteiger partial charge in [0, 0.05) is 51.6 Å². The quantitative estimate of drug-likeness (QED) is 0.203. The zero-order valence-electron chi connectivity index (χ0n) is 25.9. The molecule has 47 heavy (non-hydrogen) atoms. The van der Waals surface area contributed by atoms with Crippen LogP contribution in [0, 0.1) is 17.7 Å². The Morgan fingerprint density at radius 1 is 1.11 bits per heavy atom. The lowest BCUT2D eigenvalue weighted by atomic mass is 9.92. The maximum Gasteiger partial charge on any atom is 0.389 e. The summed E-state index contributed by atoms with van der Waals surface area (Å²) in [6.45, 7) is 6.01. The number of hydrogen-bond donors (Lipinski definition) is 4. The molecule has 0 radical (unpaired) electrons. The van der Waals surface area contributed by atoms with Crippen LogP contribution in [-0.4, -0.2) is 107 Å². The van der Waals surface area contributed by atoms with Gasteiger partial charge in [-0.15, -0.1) is 0 Å². The van der Waals surface area contributed by atoms with Crippen molar-refractivity contribution >= 4 is 29.4 Å². The van der Waals surface area contributed by atoms with E-state index in [9.17, 15) is 42.6 Å². The summed E-state index contributed by atoms with van der Waals surface area (Å²) >= 11 is 0. The summed E-state index contributed by atoms with van der Waals surface area (Å²) in [6, 6.07) is 4.20. The second-order valence-corrected chi connectivity index (χ2v) is 11.8. The van der Waals surface area contributed by atoms with Gasteiger partial charge >= 0.3 is 18.1 Å². The molecule has 4 N–H and O–H groups in total. The van der Waals surface area contributed by atoms with Crippen LogP contribution >= 0.6 is 0 Å². The summed E-state index contributed by atoms with van der Waals surface area (Å²) in [5, 5.41) is 23.8. The highest BCUT2D eigenvalue weighted by molar-refractivity contribution is 5.98. The predicted molar refractivity (Wildman–Crippen MR) is 158 cm³/mol. The number of ether oxygens (including phenoxy) is 1. The number of anilines is 1. The monoisotopic (exact) mass is 670 g/mol. The number of piperidine rings is 1. The van der Waals surface area contributed by atoms with E-state index in [1.54, 1.807) is 4.90 Å². The molecule has 0 aromatic heterocycles. The molecule has 0 saturated carbocycles. The minimum Gasteiger partial charge on any atom is -0.478 e. The summed E-state index contributed by atoms with van der Waals surface area (Å²) in [4.78, 5) is 54.8. The molecular weight excluding hydrogens is 632 g/mol. The molecule has 0 unspecified atom stereocenters. The number of rotatable bonds is 11. The summed E-state index contributed by atoms with van der Waals surface area (Å²) in [6.07, 6.45) is -6.56. The van der Waals surface area contributed by atoms with E-state index in [-0.39, 0.29) is 37.4 Å². The summed E-state index contributed by atoms with van der Waals surface area (Å²) in [7, 11) is 0. The van der Waals surface area contributed by atoms with Crippen molar-refractivity contribution in [1.29, 1.82) is 0 Å². The molecule has 1 aromatic rings. The Morgan fingerprint density at radius 2 is 1.79 bits per heavy atom. The van der Waals surface area contributed by atoms with Gasteiger partial charge in [-0.3, -0.25) is 15.0 Å². The number of morpholine rings is 1. The Balaban J connectivity index is 1.79. The number of nitrogens with one attached hydrogen (secondary N) is 2. The Bertz CT molecular complexity index is 1410. The van der Waals surface area contributed by atoms with Crippen LogP contribution in [0.2, 0.25) is 0 Å². The number of aliphatic carboxylic acids is 2. The third-order valence-electron chi connectivity index (χ3n) is 7.87. The van der Waals surface area contributed by atoms with E-state index in [0.29, 0.717) is 38.0 Å². The van der Waals surface area contributed by atoms with Gasteiger partial charge in [-0.2, -0.15) is 18.3 Å². The van der Waals surface area contributed by atoms with Crippen molar-refractivity contribution in [2.45, 2.75) is 45.3 Å². The SMILES string of the molecule is CC(C)CN(C(=O)C1=C(CCC(F)(F)F)N(c2ccccc2F)N(/C(=C/C(=O)O)C(=O)O)N1)[C@@H]1CNC[C@H](C(=O)N2CCOCC2)C1. The van der Waals surface area contributed by atoms with E-state index < -0.39 is 77.4 Å². The number of amides is 2. The Labute approximate surface area is 268 Å². The molecule has 2 fully saturated rings. The molecule has 2 saturated heterocycles. The largest absolute Gasteiger partial charge is 0.478 e. The fourth-order valence-corrected chi connectivity index (χ4v) is 5.81. The molecule has 2 atom stereocenters. The molecule has 4 rings (SSSR count). The first-order chi connectivity index (χ1) is 22.2. The van der Waals surface area contributed by atoms with Crippen molar-refractivity contribution in [2.75, 3.05) is 50.9 Å². The van der Waals surface area contributed by atoms with Gasteiger partial charge in [0.25, 0.3) is 5.91 Å². The average molecular weight is 671 g/mol. The van der Waals surface area contributed by atoms with Crippen molar-refractivity contribution in [3.05, 3.63) is 53.2 Å². The molecular formula is C30H38F4N6O7. The van der Waals surface area contributed by atoms with Gasteiger partial charge in [0.15, 0.2) is 5.70 Å². The number of carbonyl (C=O) groups is 4. The lowest BCUT2D eigenvalue weighted by Gasteiger charge is -2.40. The van der Waals surface area contributed by atoms with E-state index in [2.05, 4.69) is 10.7 Å². The Hall–Kier alpha value is -4.38. The van der Waals surface area contributed by atoms with Crippen LogP contribution in [0.15, 0.2) is 47.4 Å². The number of nitrogens with zero attached hydrogens (tertiary/aromatic N) is 4. The molecule has 1 aromatic carbocycles. The lowest BCUT2D eigenvalue weighted by Crippen LogP contribution is -2.56. The average Bonchev–Trinajstić information content (AvgIpc) is 3.39. The van der Waals surface area contributed by atoms with Crippen LogP contribution in [0.1, 0.15) is 33.1 Å². The van der Waals surface area contributed by atoms with Gasteiger partial charge in [0.05, 0.1) is 30.9 Å². The van der Waals surface area contributed by atoms with Gasteiger partial charge < -0.3 is 30.1 Å². The topological polar surface area (TPSA) is 155 Å². The van der Waals surface area contributed by atoms with Gasteiger partial charge in [-0.05, 0) is 24.5 Å². The normalized spacial score (nSPS) is 20.8. The smallest absolute Gasteiger partial charge is 0.389 e. The van der Waals surface area contributed by atoms with E-state index in [1.807, 2.05) is 13.8 Å². The number of allylic oxidation sites excluding steroid dienone is 1. The number of carboxylic acid groups (broad SMARTS) is 2. The van der Waals surface area contributed by atoms with Gasteiger partial charge in [-0.1, -0.05) is 26.0 Å². The van der Waals surface area contributed by atoms with E-state index in [0.717, 1.165) is 17.1 Å². The van der Waals surface area contributed by atoms with Crippen LogP contribution in [0.4, 0.5) is 23.2 Å². The molecule has 258 valence electrons. The Morgan fingerprint density at radius 3 is 2.38 bits per heavy atom. The standard InChI is InChI=1S/C30H38F4N6O7/c1-18(2)17-38(20-13-19(15-35-16-20)27(43)37-9-11-47-12-10-37)28(44)26-23(7-8-30(32,33)34)39(22-6-4-3-5-21(22)31)40(36-26)24(29(45)46)14-25(41)42/h3-6,14,18-20,35-36H,7-13,15-17H2,1-2H3,(H,41,42)(H,45,46)/b24-14+/t19-,20+/m1/s1. The lowest BCUT2D eigenvalue weighted by molar-refractivity contribution is -0.142. The molecule has 0 bridgehead atoms. The molecule has 3 heterocycles. The number of carboxylic acids is 2. The van der Waals surface area contributed by atoms with Crippen molar-refractivity contribution in [1.82, 2.24) is 25.7 Å². The number of hydrazine groups is 2. The van der Waals surface area contributed by atoms with Crippen molar-refractivity contribution < 1.29 is 51.7 Å². The number of halogens is 4. The molecule has 17 heteroatoms. The molecule has 3 aliphatic rings. The molecule has 13 nitrogen and oxygen atoms in total. The maximum atomic E-state index is 15.2. The van der Waals surface area contributed by atoms with Crippen molar-refractivity contribution in [2.24, 2.45) is 11.8 Å². The van der Waals surface area contributed by atoms with E-state index in [4.69, 9.17) is 4.74 Å². The first kappa shape index (κ1) is 35.5. The predicted octanol–water partition coefficient (Wildman–Crippen LogP) is 2.30. The number of hydrogen-bond acceptors (Lipinski definition) is 9. The molecule has 0 spiro atoms. The van der Waals surface area contributed by atoms with Crippen LogP contribution in [-0.2, 0) is 23.9 Å². The summed E-state index contributed by atoms with van der Waals surface area (Å²) in [5.74, 6) is -6.09. The van der Waals surface area contributed by atoms with E-state index in [1.165, 1.54) is 17.0 Å². The number of alkyl halides is 3. The molecule has 3 aliphatic heterocycles. The molecule has 2 amide bonds. The first-order valence-electron chi connectivity index (χ1n) is 15.1. The maximum absolute atomic E-state index is 15.2. The highest BCUT2D eigenvalue weighted by Crippen LogP contribution is 2.37. The fraction of sp³-hybridized carbons (Fsp3) is 0.533. The first-order valence-corrected chi connectivity index (χ1v) is 15.1. The number of para-hydroxylation sites is 1. The summed E-state index contributed by atoms with van der Waals surface area (Å²) < 4.78 is 61.4. The zero-order chi connectivity index (χ0) is 34.5. The van der Waals surface area contributed by atoms with Crippen LogP contribution in [0.5, 0.6) is 0 Å². The van der Waals surface area contributed by atoms with Gasteiger partial charge in [0.2, 0.25) is 5.91 Å². The second-order valence-electron chi connectivity index (χ2n) is 11.8. The fourth-order valence-electron chi connectivity index (χ4n) is 5.81.